The third kappa shape index (κ3) is 5.37. The molecule has 0 spiro atoms. The van der Waals surface area contributed by atoms with Gasteiger partial charge in [-0.1, -0.05) is 20.8 Å². The Labute approximate surface area is 115 Å². The molecule has 0 amide bonds. The summed E-state index contributed by atoms with van der Waals surface area (Å²) in [6.45, 7) is 11.3. The average molecular weight is 274 g/mol. The van der Waals surface area contributed by atoms with E-state index < -0.39 is 10.8 Å². The molecule has 1 aliphatic rings. The minimum Gasteiger partial charge on any atom is -0.314 e. The van der Waals surface area contributed by atoms with Crippen LogP contribution in [0.15, 0.2) is 0 Å². The molecule has 1 rings (SSSR count). The zero-order valence-corrected chi connectivity index (χ0v) is 13.3. The quantitative estimate of drug-likeness (QED) is 0.769. The number of nitrogens with zero attached hydrogens (tertiary/aromatic N) is 1. The minimum absolute atomic E-state index is 0.330. The highest BCUT2D eigenvalue weighted by atomic mass is 32.2. The maximum Gasteiger partial charge on any atom is 0.0329 e. The first-order valence-electron chi connectivity index (χ1n) is 7.32. The van der Waals surface area contributed by atoms with Crippen LogP contribution < -0.4 is 5.32 Å². The second-order valence-corrected chi connectivity index (χ2v) is 7.53. The highest BCUT2D eigenvalue weighted by Crippen LogP contribution is 2.17. The van der Waals surface area contributed by atoms with Crippen molar-refractivity contribution in [3.63, 3.8) is 0 Å². The van der Waals surface area contributed by atoms with Crippen LogP contribution in [0.25, 0.3) is 0 Å². The number of piperidine rings is 1. The van der Waals surface area contributed by atoms with E-state index in [1.807, 2.05) is 6.26 Å². The summed E-state index contributed by atoms with van der Waals surface area (Å²) in [5, 5.41) is 3.98. The van der Waals surface area contributed by atoms with Crippen LogP contribution in [0.4, 0.5) is 0 Å². The standard InChI is InChI=1S/C14H30N2OS/c1-5-8-15-14-7-10-16(11-12(14)2)9-6-13(3)18(4)17/h12-15H,5-11H2,1-4H3. The Hall–Kier alpha value is 0.0700. The molecule has 18 heavy (non-hydrogen) atoms. The maximum absolute atomic E-state index is 11.3. The van der Waals surface area contributed by atoms with E-state index in [9.17, 15) is 4.21 Å². The van der Waals surface area contributed by atoms with Crippen LogP contribution in [0.5, 0.6) is 0 Å². The molecule has 0 aromatic carbocycles. The van der Waals surface area contributed by atoms with Crippen LogP contribution in [0, 0.1) is 5.92 Å². The highest BCUT2D eigenvalue weighted by molar-refractivity contribution is 7.84. The number of hydrogen-bond acceptors (Lipinski definition) is 3. The Morgan fingerprint density at radius 2 is 2.22 bits per heavy atom. The average Bonchev–Trinajstić information content (AvgIpc) is 2.34. The molecule has 0 radical (unpaired) electrons. The monoisotopic (exact) mass is 274 g/mol. The van der Waals surface area contributed by atoms with E-state index in [1.165, 1.54) is 25.9 Å². The predicted molar refractivity (Wildman–Crippen MR) is 80.4 cm³/mol. The summed E-state index contributed by atoms with van der Waals surface area (Å²) in [5.41, 5.74) is 0. The zero-order chi connectivity index (χ0) is 13.5. The van der Waals surface area contributed by atoms with Gasteiger partial charge in [-0.05, 0) is 44.8 Å². The lowest BCUT2D eigenvalue weighted by Gasteiger charge is -2.37. The van der Waals surface area contributed by atoms with Gasteiger partial charge in [-0.3, -0.25) is 4.21 Å². The summed E-state index contributed by atoms with van der Waals surface area (Å²) in [6.07, 6.45) is 5.34. The normalized spacial score (nSPS) is 29.1. The van der Waals surface area contributed by atoms with Crippen molar-refractivity contribution in [2.45, 2.75) is 51.3 Å². The summed E-state index contributed by atoms with van der Waals surface area (Å²) in [7, 11) is -0.674. The van der Waals surface area contributed by atoms with Gasteiger partial charge in [-0.2, -0.15) is 0 Å². The fraction of sp³-hybridized carbons (Fsp3) is 1.00. The number of likely N-dealkylation sites (tertiary alicyclic amines) is 1. The molecule has 1 aliphatic heterocycles. The molecule has 1 fully saturated rings. The zero-order valence-electron chi connectivity index (χ0n) is 12.4. The third-order valence-corrected chi connectivity index (χ3v) is 5.43. The first-order chi connectivity index (χ1) is 8.54. The Balaban J connectivity index is 2.26. The maximum atomic E-state index is 11.3. The van der Waals surface area contributed by atoms with Crippen molar-refractivity contribution in [1.82, 2.24) is 10.2 Å². The lowest BCUT2D eigenvalue weighted by molar-refractivity contribution is 0.146. The molecular weight excluding hydrogens is 244 g/mol. The van der Waals surface area contributed by atoms with Gasteiger partial charge in [0.15, 0.2) is 0 Å². The molecule has 4 unspecified atom stereocenters. The van der Waals surface area contributed by atoms with E-state index in [0.717, 1.165) is 25.4 Å². The second-order valence-electron chi connectivity index (χ2n) is 5.73. The van der Waals surface area contributed by atoms with Crippen LogP contribution in [0.3, 0.4) is 0 Å². The van der Waals surface area contributed by atoms with Gasteiger partial charge in [0.25, 0.3) is 0 Å². The van der Waals surface area contributed by atoms with E-state index >= 15 is 0 Å². The van der Waals surface area contributed by atoms with Gasteiger partial charge in [0.1, 0.15) is 0 Å². The van der Waals surface area contributed by atoms with Crippen molar-refractivity contribution in [3.05, 3.63) is 0 Å². The van der Waals surface area contributed by atoms with Gasteiger partial charge < -0.3 is 10.2 Å². The van der Waals surface area contributed by atoms with Gasteiger partial charge >= 0.3 is 0 Å². The topological polar surface area (TPSA) is 32.3 Å². The Morgan fingerprint density at radius 3 is 2.78 bits per heavy atom. The molecular formula is C14H30N2OS. The summed E-state index contributed by atoms with van der Waals surface area (Å²) in [5.74, 6) is 0.729. The second kappa shape index (κ2) is 8.28. The molecule has 1 saturated heterocycles. The van der Waals surface area contributed by atoms with E-state index in [2.05, 4.69) is 31.0 Å². The summed E-state index contributed by atoms with van der Waals surface area (Å²) >= 11 is 0. The van der Waals surface area contributed by atoms with Crippen molar-refractivity contribution in [1.29, 1.82) is 0 Å². The fourth-order valence-corrected chi connectivity index (χ4v) is 3.04. The fourth-order valence-electron chi connectivity index (χ4n) is 2.60. The Bertz CT molecular complexity index is 260. The summed E-state index contributed by atoms with van der Waals surface area (Å²) in [6, 6.07) is 0.693. The largest absolute Gasteiger partial charge is 0.314 e. The van der Waals surface area contributed by atoms with Crippen molar-refractivity contribution in [2.75, 3.05) is 32.4 Å². The molecule has 0 aromatic rings. The smallest absolute Gasteiger partial charge is 0.0329 e. The van der Waals surface area contributed by atoms with Gasteiger partial charge in [0, 0.05) is 34.9 Å². The molecule has 0 saturated carbocycles. The van der Waals surface area contributed by atoms with Crippen LogP contribution >= 0.6 is 0 Å². The van der Waals surface area contributed by atoms with Crippen molar-refractivity contribution in [2.24, 2.45) is 5.92 Å². The van der Waals surface area contributed by atoms with Gasteiger partial charge in [-0.25, -0.2) is 0 Å². The molecule has 4 heteroatoms. The molecule has 0 aromatic heterocycles. The molecule has 0 bridgehead atoms. The van der Waals surface area contributed by atoms with Crippen molar-refractivity contribution in [3.8, 4) is 0 Å². The van der Waals surface area contributed by atoms with E-state index in [1.54, 1.807) is 0 Å². The lowest BCUT2D eigenvalue weighted by atomic mass is 9.93. The van der Waals surface area contributed by atoms with Crippen molar-refractivity contribution >= 4 is 10.8 Å². The van der Waals surface area contributed by atoms with Crippen LogP contribution in [0.2, 0.25) is 0 Å². The van der Waals surface area contributed by atoms with Gasteiger partial charge in [-0.15, -0.1) is 0 Å². The number of rotatable bonds is 7. The summed E-state index contributed by atoms with van der Waals surface area (Å²) in [4.78, 5) is 2.54. The molecule has 1 N–H and O–H groups in total. The van der Waals surface area contributed by atoms with E-state index in [-0.39, 0.29) is 0 Å². The predicted octanol–water partition coefficient (Wildman–Crippen LogP) is 1.85. The van der Waals surface area contributed by atoms with Gasteiger partial charge in [0.2, 0.25) is 0 Å². The Morgan fingerprint density at radius 1 is 1.50 bits per heavy atom. The molecule has 4 atom stereocenters. The minimum atomic E-state index is -0.674. The van der Waals surface area contributed by atoms with Crippen LogP contribution in [-0.4, -0.2) is 52.8 Å². The van der Waals surface area contributed by atoms with Crippen molar-refractivity contribution < 1.29 is 4.21 Å². The summed E-state index contributed by atoms with van der Waals surface area (Å²) < 4.78 is 11.3. The molecule has 1 heterocycles. The number of nitrogens with one attached hydrogen (secondary N) is 1. The van der Waals surface area contributed by atoms with Gasteiger partial charge in [0.05, 0.1) is 0 Å². The first-order valence-corrected chi connectivity index (χ1v) is 8.94. The number of hydrogen-bond donors (Lipinski definition) is 1. The van der Waals surface area contributed by atoms with Crippen LogP contribution in [-0.2, 0) is 10.8 Å². The highest BCUT2D eigenvalue weighted by Gasteiger charge is 2.25. The van der Waals surface area contributed by atoms with Crippen LogP contribution in [0.1, 0.15) is 40.0 Å². The SMILES string of the molecule is CCCNC1CCN(CCC(C)S(C)=O)CC1C. The Kier molecular flexibility index (Phi) is 7.42. The van der Waals surface area contributed by atoms with E-state index in [0.29, 0.717) is 11.3 Å². The van der Waals surface area contributed by atoms with E-state index in [4.69, 9.17) is 0 Å². The molecule has 108 valence electrons. The molecule has 0 aliphatic carbocycles. The first kappa shape index (κ1) is 16.1. The molecule has 3 nitrogen and oxygen atoms in total. The lowest BCUT2D eigenvalue weighted by Crippen LogP contribution is -2.48. The third-order valence-electron chi connectivity index (χ3n) is 4.06.